The number of anilines is 1. The molecule has 1 fully saturated rings. The Morgan fingerprint density at radius 3 is 2.32 bits per heavy atom. The Hall–Kier alpha value is -3.51. The van der Waals surface area contributed by atoms with Crippen LogP contribution in [0.1, 0.15) is 17.3 Å². The number of carbonyl (C=O) groups excluding carboxylic acids is 2. The Morgan fingerprint density at radius 1 is 0.964 bits per heavy atom. The molecule has 28 heavy (non-hydrogen) atoms. The lowest BCUT2D eigenvalue weighted by molar-refractivity contribution is -0.132. The standard InChI is InChI=1S/C21H14ClN3O3/c22-14-4-6-15(7-5-14)25-18(16-3-1-2-10-24-16)17(20(27)21(25)28)19(26)13-8-11-23-12-9-13/h1-12,18,26H/b19-17-. The number of ketones is 1. The molecule has 3 aromatic rings. The number of halogens is 1. The van der Waals surface area contributed by atoms with Crippen LogP contribution in [0.3, 0.4) is 0 Å². The Kier molecular flexibility index (Phi) is 4.63. The van der Waals surface area contributed by atoms with Crippen LogP contribution in [0, 0.1) is 0 Å². The first-order valence-corrected chi connectivity index (χ1v) is 8.83. The van der Waals surface area contributed by atoms with Crippen molar-refractivity contribution < 1.29 is 14.7 Å². The fourth-order valence-corrected chi connectivity index (χ4v) is 3.31. The van der Waals surface area contributed by atoms with Gasteiger partial charge in [-0.15, -0.1) is 0 Å². The molecule has 0 bridgehead atoms. The second kappa shape index (κ2) is 7.25. The molecule has 4 rings (SSSR count). The molecule has 7 heteroatoms. The summed E-state index contributed by atoms with van der Waals surface area (Å²) in [6.45, 7) is 0. The lowest BCUT2D eigenvalue weighted by Crippen LogP contribution is -2.29. The molecule has 0 spiro atoms. The van der Waals surface area contributed by atoms with E-state index in [0.29, 0.717) is 22.0 Å². The number of nitrogens with zero attached hydrogens (tertiary/aromatic N) is 3. The van der Waals surface area contributed by atoms with Crippen molar-refractivity contribution in [2.24, 2.45) is 0 Å². The first-order valence-electron chi connectivity index (χ1n) is 8.46. The van der Waals surface area contributed by atoms with Gasteiger partial charge in [-0.3, -0.25) is 24.5 Å². The van der Waals surface area contributed by atoms with E-state index in [4.69, 9.17) is 11.6 Å². The molecule has 1 unspecified atom stereocenters. The number of aliphatic hydroxyl groups excluding tert-OH is 1. The monoisotopic (exact) mass is 391 g/mol. The molecular formula is C21H14ClN3O3. The van der Waals surface area contributed by atoms with Crippen molar-refractivity contribution in [1.82, 2.24) is 9.97 Å². The van der Waals surface area contributed by atoms with E-state index in [0.717, 1.165) is 0 Å². The maximum absolute atomic E-state index is 12.9. The van der Waals surface area contributed by atoms with Gasteiger partial charge in [-0.2, -0.15) is 0 Å². The Morgan fingerprint density at radius 2 is 1.68 bits per heavy atom. The first-order chi connectivity index (χ1) is 13.6. The van der Waals surface area contributed by atoms with Gasteiger partial charge in [-0.05, 0) is 48.5 Å². The number of hydrogen-bond acceptors (Lipinski definition) is 5. The highest BCUT2D eigenvalue weighted by Crippen LogP contribution is 2.41. The largest absolute Gasteiger partial charge is 0.507 e. The van der Waals surface area contributed by atoms with E-state index in [1.54, 1.807) is 60.8 Å². The molecule has 0 aliphatic carbocycles. The molecule has 1 amide bonds. The smallest absolute Gasteiger partial charge is 0.300 e. The summed E-state index contributed by atoms with van der Waals surface area (Å²) in [5.41, 5.74) is 1.32. The topological polar surface area (TPSA) is 83.4 Å². The Bertz CT molecular complexity index is 1070. The zero-order valence-corrected chi connectivity index (χ0v) is 15.2. The molecule has 0 saturated carbocycles. The number of benzene rings is 1. The number of Topliss-reactive ketones (excluding diaryl/α,β-unsaturated/α-hetero) is 1. The fourth-order valence-electron chi connectivity index (χ4n) is 3.18. The second-order valence-electron chi connectivity index (χ2n) is 6.14. The maximum Gasteiger partial charge on any atom is 0.300 e. The summed E-state index contributed by atoms with van der Waals surface area (Å²) >= 11 is 5.96. The third kappa shape index (κ3) is 3.04. The van der Waals surface area contributed by atoms with E-state index in [1.165, 1.54) is 17.3 Å². The molecule has 1 atom stereocenters. The van der Waals surface area contributed by atoms with Crippen molar-refractivity contribution in [3.05, 3.63) is 95.0 Å². The van der Waals surface area contributed by atoms with Gasteiger partial charge in [0.1, 0.15) is 11.8 Å². The van der Waals surface area contributed by atoms with E-state index in [2.05, 4.69) is 9.97 Å². The third-order valence-electron chi connectivity index (χ3n) is 4.47. The van der Waals surface area contributed by atoms with E-state index in [1.807, 2.05) is 0 Å². The molecule has 1 aromatic carbocycles. The lowest BCUT2D eigenvalue weighted by atomic mass is 9.98. The first kappa shape index (κ1) is 17.9. The van der Waals surface area contributed by atoms with Crippen LogP contribution < -0.4 is 4.90 Å². The molecule has 1 aliphatic rings. The third-order valence-corrected chi connectivity index (χ3v) is 4.72. The van der Waals surface area contributed by atoms with E-state index >= 15 is 0 Å². The van der Waals surface area contributed by atoms with Gasteiger partial charge in [0, 0.05) is 34.9 Å². The van der Waals surface area contributed by atoms with Crippen molar-refractivity contribution >= 4 is 34.7 Å². The summed E-state index contributed by atoms with van der Waals surface area (Å²) in [5, 5.41) is 11.4. The summed E-state index contributed by atoms with van der Waals surface area (Å²) in [7, 11) is 0. The Labute approximate surface area is 165 Å². The van der Waals surface area contributed by atoms with Gasteiger partial charge < -0.3 is 5.11 Å². The number of amides is 1. The van der Waals surface area contributed by atoms with Gasteiger partial charge in [-0.25, -0.2) is 0 Å². The van der Waals surface area contributed by atoms with Crippen molar-refractivity contribution in [2.75, 3.05) is 4.90 Å². The number of pyridine rings is 2. The number of aromatic nitrogens is 2. The highest BCUT2D eigenvalue weighted by atomic mass is 35.5. The fraction of sp³-hybridized carbons (Fsp3) is 0.0476. The van der Waals surface area contributed by atoms with Crippen LogP contribution >= 0.6 is 11.6 Å². The van der Waals surface area contributed by atoms with Gasteiger partial charge in [0.2, 0.25) is 0 Å². The second-order valence-corrected chi connectivity index (χ2v) is 6.57. The molecule has 3 heterocycles. The van der Waals surface area contributed by atoms with Gasteiger partial charge in [0.25, 0.3) is 11.7 Å². The van der Waals surface area contributed by atoms with E-state index < -0.39 is 17.7 Å². The number of hydrogen-bond donors (Lipinski definition) is 1. The average molecular weight is 392 g/mol. The maximum atomic E-state index is 12.9. The molecule has 1 aliphatic heterocycles. The van der Waals surface area contributed by atoms with Crippen molar-refractivity contribution in [3.63, 3.8) is 0 Å². The number of rotatable bonds is 3. The SMILES string of the molecule is O=C1C(=O)N(c2ccc(Cl)cc2)C(c2ccccn2)/C1=C(/O)c1ccncc1. The minimum Gasteiger partial charge on any atom is -0.507 e. The zero-order chi connectivity index (χ0) is 19.7. The molecule has 138 valence electrons. The van der Waals surface area contributed by atoms with Crippen LogP contribution in [0.25, 0.3) is 5.76 Å². The van der Waals surface area contributed by atoms with Crippen molar-refractivity contribution in [2.45, 2.75) is 6.04 Å². The van der Waals surface area contributed by atoms with E-state index in [-0.39, 0.29) is 11.3 Å². The van der Waals surface area contributed by atoms with E-state index in [9.17, 15) is 14.7 Å². The van der Waals surface area contributed by atoms with Gasteiger partial charge >= 0.3 is 0 Å². The van der Waals surface area contributed by atoms with Crippen LogP contribution in [0.15, 0.2) is 78.8 Å². The molecular weight excluding hydrogens is 378 g/mol. The lowest BCUT2D eigenvalue weighted by Gasteiger charge is -2.24. The Balaban J connectivity index is 1.94. The molecule has 1 saturated heterocycles. The minimum atomic E-state index is -0.865. The minimum absolute atomic E-state index is 0.0233. The van der Waals surface area contributed by atoms with Gasteiger partial charge in [0.05, 0.1) is 11.3 Å². The predicted octanol–water partition coefficient (Wildman–Crippen LogP) is 3.76. The zero-order valence-electron chi connectivity index (χ0n) is 14.5. The highest BCUT2D eigenvalue weighted by Gasteiger charge is 2.47. The van der Waals surface area contributed by atoms with Crippen molar-refractivity contribution in [1.29, 1.82) is 0 Å². The van der Waals surface area contributed by atoms with Crippen LogP contribution in [0.5, 0.6) is 0 Å². The van der Waals surface area contributed by atoms with Gasteiger partial charge in [-0.1, -0.05) is 17.7 Å². The summed E-state index contributed by atoms with van der Waals surface area (Å²) in [6.07, 6.45) is 4.57. The quantitative estimate of drug-likeness (QED) is 0.417. The summed E-state index contributed by atoms with van der Waals surface area (Å²) < 4.78 is 0. The highest BCUT2D eigenvalue weighted by molar-refractivity contribution is 6.51. The van der Waals surface area contributed by atoms with Crippen LogP contribution in [0.4, 0.5) is 5.69 Å². The van der Waals surface area contributed by atoms with Gasteiger partial charge in [0.15, 0.2) is 0 Å². The van der Waals surface area contributed by atoms with Crippen LogP contribution in [0.2, 0.25) is 5.02 Å². The summed E-state index contributed by atoms with van der Waals surface area (Å²) in [6, 6.07) is 14.0. The summed E-state index contributed by atoms with van der Waals surface area (Å²) in [5.74, 6) is -1.79. The molecule has 2 aromatic heterocycles. The molecule has 1 N–H and O–H groups in total. The van der Waals surface area contributed by atoms with Crippen LogP contribution in [-0.4, -0.2) is 26.8 Å². The molecule has 0 radical (unpaired) electrons. The predicted molar refractivity (Wildman–Crippen MR) is 105 cm³/mol. The normalized spacial score (nSPS) is 18.5. The van der Waals surface area contributed by atoms with Crippen LogP contribution in [-0.2, 0) is 9.59 Å². The number of carbonyl (C=O) groups is 2. The molecule has 6 nitrogen and oxygen atoms in total. The summed E-state index contributed by atoms with van der Waals surface area (Å²) in [4.78, 5) is 35.3. The van der Waals surface area contributed by atoms with Crippen molar-refractivity contribution in [3.8, 4) is 0 Å². The number of aliphatic hydroxyl groups is 1. The average Bonchev–Trinajstić information content (AvgIpc) is 3.00.